The van der Waals surface area contributed by atoms with E-state index >= 15 is 0 Å². The Bertz CT molecular complexity index is 587. The number of hydrogen-bond acceptors (Lipinski definition) is 7. The van der Waals surface area contributed by atoms with Crippen LogP contribution in [0, 0.1) is 0 Å². The van der Waals surface area contributed by atoms with Gasteiger partial charge in [0.25, 0.3) is 0 Å². The van der Waals surface area contributed by atoms with Gasteiger partial charge in [-0.25, -0.2) is 9.97 Å². The van der Waals surface area contributed by atoms with Crippen molar-refractivity contribution < 1.29 is 19.7 Å². The molecule has 3 rings (SSSR count). The summed E-state index contributed by atoms with van der Waals surface area (Å²) >= 11 is 0. The summed E-state index contributed by atoms with van der Waals surface area (Å²) < 4.78 is 12.3. The minimum Gasteiger partial charge on any atom is -0.479 e. The molecule has 2 aromatic rings. The molecule has 0 radical (unpaired) electrons. The highest BCUT2D eigenvalue weighted by atomic mass is 16.5. The molecule has 3 heterocycles. The third-order valence-corrected chi connectivity index (χ3v) is 3.16. The Labute approximate surface area is 108 Å². The summed E-state index contributed by atoms with van der Waals surface area (Å²) in [6.07, 6.45) is 1.57. The summed E-state index contributed by atoms with van der Waals surface area (Å²) in [7, 11) is 1.50. The van der Waals surface area contributed by atoms with Crippen LogP contribution in [-0.4, -0.2) is 55.7 Å². The minimum absolute atomic E-state index is 0.126. The molecule has 2 N–H and O–H groups in total. The van der Waals surface area contributed by atoms with Crippen molar-refractivity contribution in [1.82, 2.24) is 19.5 Å². The van der Waals surface area contributed by atoms with Crippen molar-refractivity contribution in [1.29, 1.82) is 0 Å². The van der Waals surface area contributed by atoms with E-state index in [2.05, 4.69) is 15.0 Å². The number of aliphatic hydroxyl groups excluding tert-OH is 2. The van der Waals surface area contributed by atoms with E-state index < -0.39 is 12.3 Å². The molecule has 0 spiro atoms. The van der Waals surface area contributed by atoms with E-state index in [4.69, 9.17) is 14.6 Å². The van der Waals surface area contributed by atoms with Crippen molar-refractivity contribution in [2.75, 3.05) is 13.7 Å². The van der Waals surface area contributed by atoms with Crippen molar-refractivity contribution in [3.05, 3.63) is 12.7 Å². The van der Waals surface area contributed by atoms with E-state index in [1.807, 2.05) is 0 Å². The maximum Gasteiger partial charge on any atom is 0.245 e. The standard InChI is InChI=1S/C11H14N4O4/c1-18-10-8-9(12-4-13-10)15(5-14-8)11-7(17)2-6(3-16)19-11/h4-7,11,16-17H,2-3H2,1H3/t6?,7?,11-/m0/s1. The molecular formula is C11H14N4O4. The van der Waals surface area contributed by atoms with Gasteiger partial charge in [-0.1, -0.05) is 0 Å². The van der Waals surface area contributed by atoms with Crippen LogP contribution in [0.1, 0.15) is 12.6 Å². The van der Waals surface area contributed by atoms with Gasteiger partial charge in [0.15, 0.2) is 17.4 Å². The lowest BCUT2D eigenvalue weighted by atomic mass is 10.2. The fraction of sp³-hybridized carbons (Fsp3) is 0.545. The van der Waals surface area contributed by atoms with Crippen molar-refractivity contribution >= 4 is 11.2 Å². The van der Waals surface area contributed by atoms with E-state index in [9.17, 15) is 5.11 Å². The van der Waals surface area contributed by atoms with Crippen molar-refractivity contribution in [2.45, 2.75) is 24.9 Å². The maximum atomic E-state index is 9.99. The van der Waals surface area contributed by atoms with E-state index in [1.165, 1.54) is 19.8 Å². The Hall–Kier alpha value is -1.77. The molecule has 2 aromatic heterocycles. The molecule has 2 unspecified atom stereocenters. The molecule has 0 bridgehead atoms. The first-order valence-corrected chi connectivity index (χ1v) is 5.90. The molecule has 102 valence electrons. The zero-order chi connectivity index (χ0) is 13.4. The number of aliphatic hydroxyl groups is 2. The highest BCUT2D eigenvalue weighted by Gasteiger charge is 2.36. The van der Waals surface area contributed by atoms with E-state index in [0.717, 1.165) is 0 Å². The van der Waals surface area contributed by atoms with E-state index in [1.54, 1.807) is 4.57 Å². The van der Waals surface area contributed by atoms with Gasteiger partial charge in [0.05, 0.1) is 26.1 Å². The summed E-state index contributed by atoms with van der Waals surface area (Å²) in [5.41, 5.74) is 1.03. The van der Waals surface area contributed by atoms with Gasteiger partial charge in [-0.05, 0) is 0 Å². The van der Waals surface area contributed by atoms with E-state index in [0.29, 0.717) is 23.5 Å². The fourth-order valence-corrected chi connectivity index (χ4v) is 2.26. The van der Waals surface area contributed by atoms with Crippen LogP contribution in [0.3, 0.4) is 0 Å². The third kappa shape index (κ3) is 1.93. The highest BCUT2D eigenvalue weighted by Crippen LogP contribution is 2.31. The van der Waals surface area contributed by atoms with Crippen LogP contribution in [0.5, 0.6) is 5.88 Å². The van der Waals surface area contributed by atoms with Gasteiger partial charge in [0.1, 0.15) is 12.4 Å². The SMILES string of the molecule is COc1ncnc2c1ncn2[C@H]1OC(CO)CC1O. The Morgan fingerprint density at radius 3 is 3.00 bits per heavy atom. The minimum atomic E-state index is -0.712. The summed E-state index contributed by atoms with van der Waals surface area (Å²) in [6.45, 7) is -0.126. The maximum absolute atomic E-state index is 9.99. The first-order valence-electron chi connectivity index (χ1n) is 5.90. The quantitative estimate of drug-likeness (QED) is 0.770. The number of rotatable bonds is 3. The molecule has 8 heteroatoms. The second kappa shape index (κ2) is 4.72. The number of hydrogen-bond donors (Lipinski definition) is 2. The highest BCUT2D eigenvalue weighted by molar-refractivity contribution is 5.75. The predicted molar refractivity (Wildman–Crippen MR) is 63.5 cm³/mol. The first kappa shape index (κ1) is 12.3. The Morgan fingerprint density at radius 1 is 1.47 bits per heavy atom. The van der Waals surface area contributed by atoms with E-state index in [-0.39, 0.29) is 12.7 Å². The largest absolute Gasteiger partial charge is 0.479 e. The monoisotopic (exact) mass is 266 g/mol. The number of fused-ring (bicyclic) bond motifs is 1. The Morgan fingerprint density at radius 2 is 2.32 bits per heavy atom. The van der Waals surface area contributed by atoms with Gasteiger partial charge >= 0.3 is 0 Å². The summed E-state index contributed by atoms with van der Waals surface area (Å²) in [6, 6.07) is 0. The molecule has 1 aliphatic rings. The molecule has 1 fully saturated rings. The van der Waals surface area contributed by atoms with Crippen LogP contribution < -0.4 is 4.74 Å². The molecule has 0 amide bonds. The lowest BCUT2D eigenvalue weighted by molar-refractivity contribution is -0.0486. The van der Waals surface area contributed by atoms with Crippen LogP contribution in [-0.2, 0) is 4.74 Å². The van der Waals surface area contributed by atoms with Gasteiger partial charge < -0.3 is 19.7 Å². The number of aromatic nitrogens is 4. The number of methoxy groups -OCH3 is 1. The van der Waals surface area contributed by atoms with Gasteiger partial charge in [0, 0.05) is 6.42 Å². The van der Waals surface area contributed by atoms with Crippen LogP contribution >= 0.6 is 0 Å². The summed E-state index contributed by atoms with van der Waals surface area (Å²) in [4.78, 5) is 12.3. The van der Waals surface area contributed by atoms with Crippen molar-refractivity contribution in [3.8, 4) is 5.88 Å². The Kier molecular flexibility index (Phi) is 3.05. The van der Waals surface area contributed by atoms with Crippen molar-refractivity contribution in [3.63, 3.8) is 0 Å². The zero-order valence-corrected chi connectivity index (χ0v) is 10.3. The van der Waals surface area contributed by atoms with Crippen molar-refractivity contribution in [2.24, 2.45) is 0 Å². The normalized spacial score (nSPS) is 27.0. The number of imidazole rings is 1. The average molecular weight is 266 g/mol. The van der Waals surface area contributed by atoms with Crippen LogP contribution in [0.25, 0.3) is 11.2 Å². The molecule has 3 atom stereocenters. The molecule has 8 nitrogen and oxygen atoms in total. The molecule has 1 saturated heterocycles. The topological polar surface area (TPSA) is 103 Å². The van der Waals surface area contributed by atoms with Crippen LogP contribution in [0.2, 0.25) is 0 Å². The molecule has 0 saturated carbocycles. The summed E-state index contributed by atoms with van der Waals surface area (Å²) in [5, 5.41) is 19.1. The average Bonchev–Trinajstić information content (AvgIpc) is 3.01. The number of nitrogens with zero attached hydrogens (tertiary/aromatic N) is 4. The Balaban J connectivity index is 2.02. The van der Waals surface area contributed by atoms with Gasteiger partial charge in [-0.3, -0.25) is 4.57 Å². The smallest absolute Gasteiger partial charge is 0.245 e. The molecule has 0 aromatic carbocycles. The predicted octanol–water partition coefficient (Wildman–Crippen LogP) is -0.524. The van der Waals surface area contributed by atoms with Crippen LogP contribution in [0.15, 0.2) is 12.7 Å². The second-order valence-electron chi connectivity index (χ2n) is 4.34. The molecule has 1 aliphatic heterocycles. The molecule has 19 heavy (non-hydrogen) atoms. The summed E-state index contributed by atoms with van der Waals surface area (Å²) in [5.74, 6) is 0.370. The fourth-order valence-electron chi connectivity index (χ4n) is 2.26. The van der Waals surface area contributed by atoms with Gasteiger partial charge in [-0.2, -0.15) is 4.98 Å². The van der Waals surface area contributed by atoms with Gasteiger partial charge in [0.2, 0.25) is 5.88 Å². The lowest BCUT2D eigenvalue weighted by Gasteiger charge is -2.16. The molecule has 0 aliphatic carbocycles. The van der Waals surface area contributed by atoms with Crippen LogP contribution in [0.4, 0.5) is 0 Å². The second-order valence-corrected chi connectivity index (χ2v) is 4.34. The van der Waals surface area contributed by atoms with Gasteiger partial charge in [-0.15, -0.1) is 0 Å². The number of ether oxygens (including phenoxy) is 2. The first-order chi connectivity index (χ1) is 9.24. The lowest BCUT2D eigenvalue weighted by Crippen LogP contribution is -2.19. The molecular weight excluding hydrogens is 252 g/mol. The third-order valence-electron chi connectivity index (χ3n) is 3.16. The zero-order valence-electron chi connectivity index (χ0n) is 10.3.